The van der Waals surface area contributed by atoms with Gasteiger partial charge in [0, 0.05) is 11.9 Å². The van der Waals surface area contributed by atoms with E-state index in [1.165, 1.54) is 0 Å². The fourth-order valence-electron chi connectivity index (χ4n) is 1.67. The van der Waals surface area contributed by atoms with E-state index in [1.807, 2.05) is 24.3 Å². The molecule has 0 saturated carbocycles. The molecule has 0 fully saturated rings. The van der Waals surface area contributed by atoms with Crippen molar-refractivity contribution in [3.05, 3.63) is 56.9 Å². The van der Waals surface area contributed by atoms with Crippen molar-refractivity contribution in [2.45, 2.75) is 6.54 Å². The monoisotopic (exact) mass is 308 g/mol. The van der Waals surface area contributed by atoms with Crippen LogP contribution in [0.25, 0.3) is 0 Å². The van der Waals surface area contributed by atoms with Gasteiger partial charge in [0.2, 0.25) is 0 Å². The largest absolute Gasteiger partial charge is 0.497 e. The van der Waals surface area contributed by atoms with Crippen molar-refractivity contribution in [1.29, 1.82) is 0 Å². The fourth-order valence-corrected chi connectivity index (χ4v) is 2.16. The van der Waals surface area contributed by atoms with Gasteiger partial charge in [-0.15, -0.1) is 0 Å². The van der Waals surface area contributed by atoms with E-state index in [0.29, 0.717) is 16.7 Å². The van der Waals surface area contributed by atoms with Crippen LogP contribution in [0.4, 0.5) is 5.69 Å². The van der Waals surface area contributed by atoms with Crippen molar-refractivity contribution < 1.29 is 4.74 Å². The zero-order valence-corrected chi connectivity index (χ0v) is 11.5. The van der Waals surface area contributed by atoms with Crippen LogP contribution < -0.4 is 16.0 Å². The van der Waals surface area contributed by atoms with E-state index < -0.39 is 0 Å². The molecule has 1 aromatic heterocycles. The van der Waals surface area contributed by atoms with Gasteiger partial charge in [-0.3, -0.25) is 4.79 Å². The van der Waals surface area contributed by atoms with E-state index in [4.69, 9.17) is 10.5 Å². The minimum Gasteiger partial charge on any atom is -0.497 e. The molecule has 18 heavy (non-hydrogen) atoms. The van der Waals surface area contributed by atoms with Crippen LogP contribution >= 0.6 is 15.9 Å². The number of halogens is 1. The maximum Gasteiger partial charge on any atom is 0.265 e. The molecule has 0 radical (unpaired) electrons. The fraction of sp³-hybridized carbons (Fsp3) is 0.154. The molecule has 1 aromatic carbocycles. The Labute approximate surface area is 113 Å². The number of nitrogens with two attached hydrogens (primary N) is 1. The Morgan fingerprint density at radius 2 is 2.00 bits per heavy atom. The third-order valence-corrected chi connectivity index (χ3v) is 3.14. The first-order valence-electron chi connectivity index (χ1n) is 5.38. The highest BCUT2D eigenvalue weighted by atomic mass is 79.9. The molecule has 5 heteroatoms. The predicted molar refractivity (Wildman–Crippen MR) is 74.9 cm³/mol. The Bertz CT molecular complexity index is 605. The average Bonchev–Trinajstić information content (AvgIpc) is 2.36. The average molecular weight is 309 g/mol. The molecule has 0 spiro atoms. The molecule has 1 heterocycles. The Balaban J connectivity index is 2.31. The lowest BCUT2D eigenvalue weighted by Crippen LogP contribution is -2.21. The van der Waals surface area contributed by atoms with Gasteiger partial charge in [-0.05, 0) is 39.7 Å². The van der Waals surface area contributed by atoms with Crippen LogP contribution in [-0.2, 0) is 6.54 Å². The highest BCUT2D eigenvalue weighted by Crippen LogP contribution is 2.13. The van der Waals surface area contributed by atoms with Crippen LogP contribution in [-0.4, -0.2) is 11.7 Å². The van der Waals surface area contributed by atoms with Gasteiger partial charge in [-0.25, -0.2) is 0 Å². The van der Waals surface area contributed by atoms with Crippen molar-refractivity contribution in [3.8, 4) is 5.75 Å². The quantitative estimate of drug-likeness (QED) is 0.946. The zero-order chi connectivity index (χ0) is 13.1. The summed E-state index contributed by atoms with van der Waals surface area (Å²) in [5.74, 6) is 0.792. The molecule has 0 unspecified atom stereocenters. The van der Waals surface area contributed by atoms with Gasteiger partial charge in [-0.1, -0.05) is 12.1 Å². The number of nitrogen functional groups attached to an aromatic ring is 1. The lowest BCUT2D eigenvalue weighted by atomic mass is 10.2. The van der Waals surface area contributed by atoms with Gasteiger partial charge in [0.05, 0.1) is 18.1 Å². The SMILES string of the molecule is COc1ccc(Cn2cc(N)cc(Br)c2=O)cc1. The van der Waals surface area contributed by atoms with Crippen molar-refractivity contribution >= 4 is 21.6 Å². The second-order valence-corrected chi connectivity index (χ2v) is 4.76. The van der Waals surface area contributed by atoms with Gasteiger partial charge < -0.3 is 15.0 Å². The summed E-state index contributed by atoms with van der Waals surface area (Å²) in [7, 11) is 1.62. The van der Waals surface area contributed by atoms with E-state index in [2.05, 4.69) is 15.9 Å². The molecular weight excluding hydrogens is 296 g/mol. The smallest absolute Gasteiger partial charge is 0.265 e. The maximum atomic E-state index is 11.9. The normalized spacial score (nSPS) is 10.3. The Morgan fingerprint density at radius 3 is 2.61 bits per heavy atom. The lowest BCUT2D eigenvalue weighted by molar-refractivity contribution is 0.414. The minimum absolute atomic E-state index is 0.0972. The van der Waals surface area contributed by atoms with E-state index in [-0.39, 0.29) is 5.56 Å². The van der Waals surface area contributed by atoms with Crippen LogP contribution in [0.5, 0.6) is 5.75 Å². The van der Waals surface area contributed by atoms with Gasteiger partial charge in [0.25, 0.3) is 5.56 Å². The minimum atomic E-state index is -0.0972. The number of ether oxygens (including phenoxy) is 1. The number of anilines is 1. The number of methoxy groups -OCH3 is 1. The molecular formula is C13H13BrN2O2. The van der Waals surface area contributed by atoms with Crippen LogP contribution in [0, 0.1) is 0 Å². The number of rotatable bonds is 3. The standard InChI is InChI=1S/C13H13BrN2O2/c1-18-11-4-2-9(3-5-11)7-16-8-10(15)6-12(14)13(16)17/h2-6,8H,7,15H2,1H3. The van der Waals surface area contributed by atoms with Crippen molar-refractivity contribution in [3.63, 3.8) is 0 Å². The summed E-state index contributed by atoms with van der Waals surface area (Å²) in [5, 5.41) is 0. The molecule has 0 aliphatic rings. The number of hydrogen-bond donors (Lipinski definition) is 1. The van der Waals surface area contributed by atoms with Gasteiger partial charge in [-0.2, -0.15) is 0 Å². The van der Waals surface area contributed by atoms with Crippen LogP contribution in [0.15, 0.2) is 45.8 Å². The van der Waals surface area contributed by atoms with Gasteiger partial charge >= 0.3 is 0 Å². The second kappa shape index (κ2) is 5.27. The first kappa shape index (κ1) is 12.7. The summed E-state index contributed by atoms with van der Waals surface area (Å²) in [6.45, 7) is 0.479. The zero-order valence-electron chi connectivity index (χ0n) is 9.89. The van der Waals surface area contributed by atoms with Crippen molar-refractivity contribution in [1.82, 2.24) is 4.57 Å². The second-order valence-electron chi connectivity index (χ2n) is 3.90. The van der Waals surface area contributed by atoms with Gasteiger partial charge in [0.15, 0.2) is 0 Å². The molecule has 0 amide bonds. The predicted octanol–water partition coefficient (Wildman–Crippen LogP) is 2.25. The number of aromatic nitrogens is 1. The van der Waals surface area contributed by atoms with Gasteiger partial charge in [0.1, 0.15) is 5.75 Å². The van der Waals surface area contributed by atoms with Crippen LogP contribution in [0.2, 0.25) is 0 Å². The van der Waals surface area contributed by atoms with Crippen molar-refractivity contribution in [2.24, 2.45) is 0 Å². The van der Waals surface area contributed by atoms with E-state index in [1.54, 1.807) is 23.9 Å². The molecule has 2 rings (SSSR count). The first-order chi connectivity index (χ1) is 8.60. The molecule has 94 valence electrons. The highest BCUT2D eigenvalue weighted by Gasteiger charge is 2.03. The molecule has 0 bridgehead atoms. The summed E-state index contributed by atoms with van der Waals surface area (Å²) >= 11 is 3.20. The van der Waals surface area contributed by atoms with Crippen molar-refractivity contribution in [2.75, 3.05) is 12.8 Å². The van der Waals surface area contributed by atoms with Crippen LogP contribution in [0.3, 0.4) is 0 Å². The summed E-state index contributed by atoms with van der Waals surface area (Å²) in [4.78, 5) is 11.9. The molecule has 0 aliphatic heterocycles. The maximum absolute atomic E-state index is 11.9. The third kappa shape index (κ3) is 2.73. The number of nitrogens with zero attached hydrogens (tertiary/aromatic N) is 1. The van der Waals surface area contributed by atoms with E-state index >= 15 is 0 Å². The van der Waals surface area contributed by atoms with E-state index in [9.17, 15) is 4.79 Å². The lowest BCUT2D eigenvalue weighted by Gasteiger charge is -2.08. The Kier molecular flexibility index (Phi) is 3.72. The Morgan fingerprint density at radius 1 is 1.33 bits per heavy atom. The summed E-state index contributed by atoms with van der Waals surface area (Å²) in [5.41, 5.74) is 7.18. The molecule has 0 atom stereocenters. The first-order valence-corrected chi connectivity index (χ1v) is 6.18. The number of benzene rings is 1. The van der Waals surface area contributed by atoms with Crippen LogP contribution in [0.1, 0.15) is 5.56 Å². The highest BCUT2D eigenvalue weighted by molar-refractivity contribution is 9.10. The Hall–Kier alpha value is -1.75. The summed E-state index contributed by atoms with van der Waals surface area (Å²) in [6.07, 6.45) is 1.64. The molecule has 4 nitrogen and oxygen atoms in total. The summed E-state index contributed by atoms with van der Waals surface area (Å²) < 4.78 is 7.12. The summed E-state index contributed by atoms with van der Waals surface area (Å²) in [6, 6.07) is 9.17. The topological polar surface area (TPSA) is 57.2 Å². The molecule has 0 aliphatic carbocycles. The molecule has 0 saturated heterocycles. The van der Waals surface area contributed by atoms with E-state index in [0.717, 1.165) is 11.3 Å². The number of pyridine rings is 1. The number of hydrogen-bond acceptors (Lipinski definition) is 3. The molecule has 2 aromatic rings. The molecule has 2 N–H and O–H groups in total. The third-order valence-electron chi connectivity index (χ3n) is 2.58.